The van der Waals surface area contributed by atoms with Crippen LogP contribution in [0.1, 0.15) is 18.7 Å². The fraction of sp³-hybridized carbons (Fsp3) is 0.727. The number of aromatic nitrogens is 2. The highest BCUT2D eigenvalue weighted by atomic mass is 35.5. The lowest BCUT2D eigenvalue weighted by molar-refractivity contribution is 0.451. The fourth-order valence-corrected chi connectivity index (χ4v) is 4.05. The molecule has 18 heavy (non-hydrogen) atoms. The van der Waals surface area contributed by atoms with Gasteiger partial charge < -0.3 is 4.57 Å². The van der Waals surface area contributed by atoms with E-state index in [0.717, 1.165) is 12.8 Å². The van der Waals surface area contributed by atoms with Crippen molar-refractivity contribution in [3.05, 3.63) is 12.0 Å². The predicted molar refractivity (Wildman–Crippen MR) is 70.1 cm³/mol. The van der Waals surface area contributed by atoms with E-state index < -0.39 is 10.0 Å². The Morgan fingerprint density at radius 2 is 2.28 bits per heavy atom. The molecule has 0 N–H and O–H groups in total. The van der Waals surface area contributed by atoms with Crippen LogP contribution in [-0.4, -0.2) is 41.2 Å². The summed E-state index contributed by atoms with van der Waals surface area (Å²) in [5, 5.41) is 0.147. The number of sulfonamides is 1. The number of nitrogens with zero attached hydrogens (tertiary/aromatic N) is 3. The summed E-state index contributed by atoms with van der Waals surface area (Å²) >= 11 is 5.70. The first kappa shape index (κ1) is 13.8. The number of aryl methyl sites for hydroxylation is 2. The maximum Gasteiger partial charge on any atom is 0.262 e. The van der Waals surface area contributed by atoms with E-state index in [1.165, 1.54) is 4.31 Å². The number of hydrogen-bond acceptors (Lipinski definition) is 3. The van der Waals surface area contributed by atoms with Gasteiger partial charge in [0.1, 0.15) is 5.82 Å². The van der Waals surface area contributed by atoms with Gasteiger partial charge in [0.25, 0.3) is 10.0 Å². The first-order chi connectivity index (χ1) is 8.45. The normalized spacial score (nSPS) is 21.6. The first-order valence-corrected chi connectivity index (χ1v) is 7.98. The lowest BCUT2D eigenvalue weighted by Crippen LogP contribution is -2.29. The third kappa shape index (κ3) is 2.55. The second kappa shape index (κ2) is 5.19. The third-order valence-corrected chi connectivity index (χ3v) is 5.41. The van der Waals surface area contributed by atoms with Crippen molar-refractivity contribution in [2.24, 2.45) is 13.0 Å². The van der Waals surface area contributed by atoms with Gasteiger partial charge in [-0.1, -0.05) is 0 Å². The summed E-state index contributed by atoms with van der Waals surface area (Å²) < 4.78 is 28.0. The van der Waals surface area contributed by atoms with Crippen LogP contribution in [0.15, 0.2) is 11.2 Å². The zero-order valence-corrected chi connectivity index (χ0v) is 12.2. The van der Waals surface area contributed by atoms with Crippen LogP contribution in [0.25, 0.3) is 0 Å². The van der Waals surface area contributed by atoms with Gasteiger partial charge in [-0.15, -0.1) is 11.6 Å². The molecule has 102 valence electrons. The van der Waals surface area contributed by atoms with Gasteiger partial charge in [0.2, 0.25) is 0 Å². The van der Waals surface area contributed by atoms with E-state index in [0.29, 0.717) is 30.7 Å². The Morgan fingerprint density at radius 3 is 2.83 bits per heavy atom. The van der Waals surface area contributed by atoms with Gasteiger partial charge >= 0.3 is 0 Å². The molecular formula is C11H18ClN3O2S. The predicted octanol–water partition coefficient (Wildman–Crippen LogP) is 1.37. The van der Waals surface area contributed by atoms with Gasteiger partial charge in [-0.3, -0.25) is 0 Å². The van der Waals surface area contributed by atoms with E-state index in [1.807, 2.05) is 0 Å². The Morgan fingerprint density at radius 1 is 1.56 bits per heavy atom. The molecule has 1 aliphatic heterocycles. The van der Waals surface area contributed by atoms with E-state index in [4.69, 9.17) is 11.6 Å². The van der Waals surface area contributed by atoms with Crippen molar-refractivity contribution in [3.8, 4) is 0 Å². The van der Waals surface area contributed by atoms with E-state index in [9.17, 15) is 8.42 Å². The Labute approximate surface area is 113 Å². The van der Waals surface area contributed by atoms with Gasteiger partial charge in [0.05, 0.1) is 0 Å². The highest BCUT2D eigenvalue weighted by Gasteiger charge is 2.33. The second-order valence-corrected chi connectivity index (χ2v) is 7.00. The molecule has 1 aliphatic rings. The average molecular weight is 292 g/mol. The van der Waals surface area contributed by atoms with Crippen molar-refractivity contribution in [2.45, 2.75) is 24.8 Å². The van der Waals surface area contributed by atoms with Crippen molar-refractivity contribution in [3.63, 3.8) is 0 Å². The summed E-state index contributed by atoms with van der Waals surface area (Å²) in [5.41, 5.74) is 0. The van der Waals surface area contributed by atoms with Crippen molar-refractivity contribution in [1.82, 2.24) is 13.9 Å². The van der Waals surface area contributed by atoms with Gasteiger partial charge in [0, 0.05) is 32.2 Å². The lowest BCUT2D eigenvalue weighted by atomic mass is 10.1. The largest absolute Gasteiger partial charge is 0.337 e. The molecule has 0 radical (unpaired) electrons. The van der Waals surface area contributed by atoms with Crippen LogP contribution >= 0.6 is 11.6 Å². The molecular weight excluding hydrogens is 274 g/mol. The standard InChI is InChI=1S/C11H18ClN3O2S/c1-9-13-11(8-14(9)2)18(16,17)15-6-4-10(7-15)3-5-12/h8,10H,3-7H2,1-2H3. The Hall–Kier alpha value is -0.590. The number of rotatable bonds is 4. The van der Waals surface area contributed by atoms with Crippen LogP contribution in [0.2, 0.25) is 0 Å². The topological polar surface area (TPSA) is 55.2 Å². The van der Waals surface area contributed by atoms with Crippen LogP contribution in [0.5, 0.6) is 0 Å². The summed E-state index contributed by atoms with van der Waals surface area (Å²) in [6, 6.07) is 0. The molecule has 7 heteroatoms. The third-order valence-electron chi connectivity index (χ3n) is 3.46. The van der Waals surface area contributed by atoms with Crippen LogP contribution in [0, 0.1) is 12.8 Å². The Kier molecular flexibility index (Phi) is 3.99. The molecule has 0 amide bonds. The van der Waals surface area contributed by atoms with Crippen LogP contribution < -0.4 is 0 Å². The quantitative estimate of drug-likeness (QED) is 0.787. The van der Waals surface area contributed by atoms with E-state index in [1.54, 1.807) is 24.7 Å². The molecule has 0 spiro atoms. The maximum absolute atomic E-state index is 12.4. The molecule has 0 aliphatic carbocycles. The first-order valence-electron chi connectivity index (χ1n) is 6.01. The summed E-state index contributed by atoms with van der Waals surface area (Å²) in [5.74, 6) is 1.66. The molecule has 1 fully saturated rings. The monoisotopic (exact) mass is 291 g/mol. The fourth-order valence-electron chi connectivity index (χ4n) is 2.19. The van der Waals surface area contributed by atoms with Crippen LogP contribution in [0.4, 0.5) is 0 Å². The van der Waals surface area contributed by atoms with Gasteiger partial charge in [-0.25, -0.2) is 13.4 Å². The van der Waals surface area contributed by atoms with E-state index in [2.05, 4.69) is 4.98 Å². The number of alkyl halides is 1. The Bertz CT molecular complexity index is 507. The summed E-state index contributed by atoms with van der Waals surface area (Å²) in [6.07, 6.45) is 3.33. The van der Waals surface area contributed by atoms with E-state index >= 15 is 0 Å². The SMILES string of the molecule is Cc1nc(S(=O)(=O)N2CCC(CCCl)C2)cn1C. The zero-order valence-electron chi connectivity index (χ0n) is 10.6. The summed E-state index contributed by atoms with van der Waals surface area (Å²) in [7, 11) is -1.64. The van der Waals surface area contributed by atoms with Crippen molar-refractivity contribution >= 4 is 21.6 Å². The molecule has 0 bridgehead atoms. The van der Waals surface area contributed by atoms with Gasteiger partial charge in [-0.2, -0.15) is 4.31 Å². The molecule has 0 aromatic carbocycles. The Balaban J connectivity index is 2.17. The zero-order chi connectivity index (χ0) is 13.3. The molecule has 1 saturated heterocycles. The highest BCUT2D eigenvalue weighted by molar-refractivity contribution is 7.89. The van der Waals surface area contributed by atoms with Crippen molar-refractivity contribution in [1.29, 1.82) is 0 Å². The lowest BCUT2D eigenvalue weighted by Gasteiger charge is -2.14. The average Bonchev–Trinajstić information content (AvgIpc) is 2.88. The minimum absolute atomic E-state index is 0.147. The highest BCUT2D eigenvalue weighted by Crippen LogP contribution is 2.25. The van der Waals surface area contributed by atoms with Crippen molar-refractivity contribution in [2.75, 3.05) is 19.0 Å². The number of imidazole rings is 1. The molecule has 2 rings (SSSR count). The summed E-state index contributed by atoms with van der Waals surface area (Å²) in [4.78, 5) is 4.10. The van der Waals surface area contributed by atoms with Gasteiger partial charge in [0.15, 0.2) is 5.03 Å². The molecule has 2 heterocycles. The summed E-state index contributed by atoms with van der Waals surface area (Å²) in [6.45, 7) is 2.92. The number of hydrogen-bond donors (Lipinski definition) is 0. The minimum atomic E-state index is -3.43. The van der Waals surface area contributed by atoms with Crippen LogP contribution in [0.3, 0.4) is 0 Å². The molecule has 0 saturated carbocycles. The van der Waals surface area contributed by atoms with Crippen LogP contribution in [-0.2, 0) is 17.1 Å². The maximum atomic E-state index is 12.4. The number of halogens is 1. The minimum Gasteiger partial charge on any atom is -0.337 e. The van der Waals surface area contributed by atoms with E-state index in [-0.39, 0.29) is 5.03 Å². The second-order valence-electron chi connectivity index (χ2n) is 4.73. The van der Waals surface area contributed by atoms with Gasteiger partial charge in [-0.05, 0) is 25.7 Å². The van der Waals surface area contributed by atoms with Crippen molar-refractivity contribution < 1.29 is 8.42 Å². The molecule has 1 atom stereocenters. The molecule has 1 aromatic heterocycles. The molecule has 1 unspecified atom stereocenters. The smallest absolute Gasteiger partial charge is 0.262 e. The molecule has 1 aromatic rings. The molecule has 5 nitrogen and oxygen atoms in total.